The number of methoxy groups -OCH3 is 2. The van der Waals surface area contributed by atoms with Crippen molar-refractivity contribution >= 4 is 5.84 Å². The van der Waals surface area contributed by atoms with Gasteiger partial charge in [0.25, 0.3) is 5.91 Å². The van der Waals surface area contributed by atoms with Crippen LogP contribution in [0, 0.1) is 33.5 Å². The average molecular weight is 388 g/mol. The van der Waals surface area contributed by atoms with Crippen LogP contribution in [0.3, 0.4) is 0 Å². The highest BCUT2D eigenvalue weighted by Gasteiger charge is 2.93. The summed E-state index contributed by atoms with van der Waals surface area (Å²) in [5, 5.41) is 20.0. The lowest BCUT2D eigenvalue weighted by atomic mass is 9.93. The smallest absolute Gasteiger partial charge is 0.292 e. The van der Waals surface area contributed by atoms with Gasteiger partial charge in [-0.25, -0.2) is 4.99 Å². The molecule has 1 heterocycles. The lowest BCUT2D eigenvalue weighted by Crippen LogP contribution is -2.41. The Hall–Kier alpha value is -3.39. The van der Waals surface area contributed by atoms with Crippen LogP contribution in [-0.4, -0.2) is 26.0 Å². The van der Waals surface area contributed by atoms with Crippen LogP contribution in [0.5, 0.6) is 5.75 Å². The zero-order valence-electron chi connectivity index (χ0n) is 16.1. The Labute approximate surface area is 168 Å². The fourth-order valence-corrected chi connectivity index (χ4v) is 4.52. The number of hydrogen-bond donors (Lipinski definition) is 1. The van der Waals surface area contributed by atoms with Gasteiger partial charge in [0.2, 0.25) is 0 Å². The summed E-state index contributed by atoms with van der Waals surface area (Å²) in [7, 11) is 2.78. The van der Waals surface area contributed by atoms with Crippen LogP contribution >= 0.6 is 0 Å². The highest BCUT2D eigenvalue weighted by atomic mass is 16.7. The number of rotatable bonds is 6. The van der Waals surface area contributed by atoms with Crippen LogP contribution < -0.4 is 10.5 Å². The van der Waals surface area contributed by atoms with E-state index in [1.807, 2.05) is 54.6 Å². The first-order valence-corrected chi connectivity index (χ1v) is 9.10. The molecule has 146 valence electrons. The molecule has 1 saturated carbocycles. The minimum Gasteiger partial charge on any atom is -0.489 e. The first kappa shape index (κ1) is 18.9. The summed E-state index contributed by atoms with van der Waals surface area (Å²) in [6.07, 6.45) is 0. The summed E-state index contributed by atoms with van der Waals surface area (Å²) in [5.41, 5.74) is 5.31. The molecule has 1 fully saturated rings. The zero-order valence-corrected chi connectivity index (χ0v) is 16.1. The van der Waals surface area contributed by atoms with Crippen molar-refractivity contribution in [3.63, 3.8) is 0 Å². The molecule has 0 unspecified atom stereocenters. The van der Waals surface area contributed by atoms with Crippen LogP contribution in [0.15, 0.2) is 59.6 Å². The Morgan fingerprint density at radius 1 is 1.00 bits per heavy atom. The van der Waals surface area contributed by atoms with Gasteiger partial charge in [0.15, 0.2) is 5.41 Å². The molecule has 0 amide bonds. The minimum absolute atomic E-state index is 0.0552. The SMILES string of the molecule is COC1(OC)N=C(N)[C@@]2(C#N)[C@H](c3ccc(OCc4ccccc4)cc3)[C@@]12C#N. The van der Waals surface area contributed by atoms with Gasteiger partial charge in [-0.2, -0.15) is 10.5 Å². The Morgan fingerprint density at radius 2 is 1.66 bits per heavy atom. The number of aliphatic imine (C=N–C) groups is 1. The number of nitrogens with two attached hydrogens (primary N) is 1. The average Bonchev–Trinajstić information content (AvgIpc) is 3.35. The van der Waals surface area contributed by atoms with Crippen LogP contribution in [-0.2, 0) is 16.1 Å². The summed E-state index contributed by atoms with van der Waals surface area (Å²) < 4.78 is 16.8. The predicted molar refractivity (Wildman–Crippen MR) is 104 cm³/mol. The monoisotopic (exact) mass is 388 g/mol. The van der Waals surface area contributed by atoms with Crippen LogP contribution in [0.25, 0.3) is 0 Å². The maximum atomic E-state index is 10.1. The molecule has 1 aliphatic carbocycles. The van der Waals surface area contributed by atoms with E-state index in [9.17, 15) is 10.5 Å². The second-order valence-electron chi connectivity index (χ2n) is 7.10. The molecule has 2 aromatic carbocycles. The van der Waals surface area contributed by atoms with Crippen LogP contribution in [0.2, 0.25) is 0 Å². The van der Waals surface area contributed by atoms with E-state index in [4.69, 9.17) is 19.9 Å². The zero-order chi connectivity index (χ0) is 20.7. The maximum absolute atomic E-state index is 10.1. The van der Waals surface area contributed by atoms with Gasteiger partial charge in [0.05, 0.1) is 12.1 Å². The number of nitriles is 2. The highest BCUT2D eigenvalue weighted by Crippen LogP contribution is 2.81. The topological polar surface area (TPSA) is 114 Å². The first-order chi connectivity index (χ1) is 14.0. The van der Waals surface area contributed by atoms with Crippen molar-refractivity contribution in [3.8, 4) is 17.9 Å². The normalized spacial score (nSPS) is 28.6. The van der Waals surface area contributed by atoms with Crippen LogP contribution in [0.4, 0.5) is 0 Å². The summed E-state index contributed by atoms with van der Waals surface area (Å²) in [4.78, 5) is 4.21. The Morgan fingerprint density at radius 3 is 2.21 bits per heavy atom. The minimum atomic E-state index is -1.62. The van der Waals surface area contributed by atoms with Crippen molar-refractivity contribution in [2.24, 2.45) is 21.6 Å². The molecule has 0 radical (unpaired) electrons. The van der Waals surface area contributed by atoms with Gasteiger partial charge in [-0.3, -0.25) is 0 Å². The lowest BCUT2D eigenvalue weighted by molar-refractivity contribution is -0.230. The van der Waals surface area contributed by atoms with E-state index in [1.165, 1.54) is 14.2 Å². The Balaban J connectivity index is 1.63. The van der Waals surface area contributed by atoms with Crippen molar-refractivity contribution in [1.29, 1.82) is 10.5 Å². The van der Waals surface area contributed by atoms with E-state index >= 15 is 0 Å². The molecular weight excluding hydrogens is 368 g/mol. The van der Waals surface area contributed by atoms with Crippen LogP contribution in [0.1, 0.15) is 17.0 Å². The van der Waals surface area contributed by atoms with E-state index < -0.39 is 22.7 Å². The van der Waals surface area contributed by atoms with Crippen molar-refractivity contribution in [2.45, 2.75) is 18.4 Å². The summed E-state index contributed by atoms with van der Waals surface area (Å²) in [6, 6.07) is 21.6. The van der Waals surface area contributed by atoms with Gasteiger partial charge in [-0.05, 0) is 23.3 Å². The summed E-state index contributed by atoms with van der Waals surface area (Å²) >= 11 is 0. The third-order valence-corrected chi connectivity index (χ3v) is 5.94. The number of amidine groups is 1. The molecular formula is C22H20N4O3. The summed E-state index contributed by atoms with van der Waals surface area (Å²) in [6.45, 7) is 0.448. The van der Waals surface area contributed by atoms with Crippen molar-refractivity contribution in [3.05, 3.63) is 65.7 Å². The molecule has 1 aliphatic heterocycles. The molecule has 0 bridgehead atoms. The molecule has 4 rings (SSSR count). The number of nitrogens with zero attached hydrogens (tertiary/aromatic N) is 3. The second kappa shape index (κ2) is 6.59. The molecule has 2 aliphatic rings. The van der Waals surface area contributed by atoms with Crippen molar-refractivity contribution in [1.82, 2.24) is 0 Å². The third kappa shape index (κ3) is 2.26. The fourth-order valence-electron chi connectivity index (χ4n) is 4.52. The number of benzene rings is 2. The van der Waals surface area contributed by atoms with E-state index in [-0.39, 0.29) is 5.84 Å². The molecule has 7 heteroatoms. The van der Waals surface area contributed by atoms with E-state index in [0.717, 1.165) is 11.1 Å². The third-order valence-electron chi connectivity index (χ3n) is 5.94. The summed E-state index contributed by atoms with van der Waals surface area (Å²) in [5.74, 6) is -1.40. The van der Waals surface area contributed by atoms with Gasteiger partial charge in [0.1, 0.15) is 23.6 Å². The molecule has 7 nitrogen and oxygen atoms in total. The fraction of sp³-hybridized carbons (Fsp3) is 0.318. The molecule has 0 saturated heterocycles. The maximum Gasteiger partial charge on any atom is 0.292 e. The number of fused-ring (bicyclic) bond motifs is 1. The molecule has 29 heavy (non-hydrogen) atoms. The van der Waals surface area contributed by atoms with Gasteiger partial charge in [0, 0.05) is 20.1 Å². The molecule has 2 aromatic rings. The van der Waals surface area contributed by atoms with Gasteiger partial charge in [-0.15, -0.1) is 0 Å². The van der Waals surface area contributed by atoms with E-state index in [1.54, 1.807) is 0 Å². The molecule has 0 spiro atoms. The van der Waals surface area contributed by atoms with E-state index in [2.05, 4.69) is 17.1 Å². The molecule has 3 atom stereocenters. The van der Waals surface area contributed by atoms with E-state index in [0.29, 0.717) is 12.4 Å². The van der Waals surface area contributed by atoms with Gasteiger partial charge in [-0.1, -0.05) is 42.5 Å². The molecule has 0 aromatic heterocycles. The van der Waals surface area contributed by atoms with Gasteiger partial charge < -0.3 is 19.9 Å². The Kier molecular flexibility index (Phi) is 4.31. The van der Waals surface area contributed by atoms with Crippen molar-refractivity contribution in [2.75, 3.05) is 14.2 Å². The predicted octanol–water partition coefficient (Wildman–Crippen LogP) is 2.70. The standard InChI is InChI=1S/C22H20N4O3/c1-27-22(28-2)21(14-24)18(20(21,13-23)19(25)26-22)16-8-10-17(11-9-16)29-12-15-6-4-3-5-7-15/h3-11,18H,12H2,1-2H3,(H2,25,26)/t18-,20+,21+/m0/s1. The first-order valence-electron chi connectivity index (χ1n) is 9.10. The Bertz CT molecular complexity index is 1030. The number of ether oxygens (including phenoxy) is 3. The largest absolute Gasteiger partial charge is 0.489 e. The quantitative estimate of drug-likeness (QED) is 0.761. The second-order valence-corrected chi connectivity index (χ2v) is 7.10. The van der Waals surface area contributed by atoms with Gasteiger partial charge >= 0.3 is 0 Å². The molecule has 2 N–H and O–H groups in total. The number of hydrogen-bond acceptors (Lipinski definition) is 7. The lowest BCUT2D eigenvalue weighted by Gasteiger charge is -2.29. The van der Waals surface area contributed by atoms with Crippen molar-refractivity contribution < 1.29 is 14.2 Å². The highest BCUT2D eigenvalue weighted by molar-refractivity contribution is 6.00.